The number of H-pyrrole nitrogens is 1. The van der Waals surface area contributed by atoms with Crippen molar-refractivity contribution in [2.45, 2.75) is 30.8 Å². The molecule has 0 bridgehead atoms. The Morgan fingerprint density at radius 3 is 2.66 bits per heavy atom. The van der Waals surface area contributed by atoms with Crippen LogP contribution in [0, 0.1) is 5.82 Å². The minimum absolute atomic E-state index is 0.205. The molecule has 0 saturated carbocycles. The summed E-state index contributed by atoms with van der Waals surface area (Å²) in [6.07, 6.45) is 5.43. The molecule has 1 amide bonds. The number of pyridine rings is 1. The number of methoxy groups -OCH3 is 1. The molecule has 38 heavy (non-hydrogen) atoms. The maximum absolute atomic E-state index is 13.8. The van der Waals surface area contributed by atoms with Crippen molar-refractivity contribution in [3.63, 3.8) is 0 Å². The summed E-state index contributed by atoms with van der Waals surface area (Å²) in [5.41, 5.74) is 4.31. The van der Waals surface area contributed by atoms with Crippen LogP contribution in [0.3, 0.4) is 0 Å². The first kappa shape index (κ1) is 24.6. The fourth-order valence-electron chi connectivity index (χ4n) is 6.28. The Morgan fingerprint density at radius 2 is 1.97 bits per heavy atom. The number of likely N-dealkylation sites (tertiary alicyclic amines) is 1. The van der Waals surface area contributed by atoms with Gasteiger partial charge >= 0.3 is 0 Å². The number of aromatic nitrogens is 2. The molecular formula is C30H31FN4O3. The monoisotopic (exact) mass is 514 g/mol. The molecule has 1 fully saturated rings. The van der Waals surface area contributed by atoms with Crippen molar-refractivity contribution in [1.29, 1.82) is 0 Å². The number of carbonyl (C=O) groups excluding carboxylic acids is 1. The topological polar surface area (TPSA) is 81.7 Å². The Bertz CT molecular complexity index is 1450. The second-order valence-corrected chi connectivity index (χ2v) is 10.4. The molecule has 4 heterocycles. The zero-order valence-corrected chi connectivity index (χ0v) is 21.4. The summed E-state index contributed by atoms with van der Waals surface area (Å²) in [4.78, 5) is 25.8. The second kappa shape index (κ2) is 9.85. The van der Waals surface area contributed by atoms with Crippen LogP contribution in [0.1, 0.15) is 46.1 Å². The standard InChI is InChI=1S/C30H31FN4O3/c1-38-23-8-9-24-25(15-23)33-28-26(18-36)35(29(37)21-4-6-22(31)7-5-21)19-30(27(24)28)10-13-34(14-11-30)17-20-3-2-12-32-16-20/h2-9,12,15-16,26,33,36H,10-11,13-14,17-19H2,1H3/t26-/m0/s1. The average Bonchev–Trinajstić information content (AvgIpc) is 3.34. The largest absolute Gasteiger partial charge is 0.497 e. The number of aliphatic hydroxyl groups excluding tert-OH is 1. The van der Waals surface area contributed by atoms with Crippen LogP contribution in [0.5, 0.6) is 5.75 Å². The normalized spacial score (nSPS) is 19.0. The van der Waals surface area contributed by atoms with Crippen LogP contribution >= 0.6 is 0 Å². The molecule has 0 aliphatic carbocycles. The molecule has 196 valence electrons. The van der Waals surface area contributed by atoms with E-state index in [4.69, 9.17) is 4.74 Å². The Hall–Kier alpha value is -3.75. The van der Waals surface area contributed by atoms with E-state index < -0.39 is 6.04 Å². The lowest BCUT2D eigenvalue weighted by Gasteiger charge is -2.50. The number of aromatic amines is 1. The van der Waals surface area contributed by atoms with E-state index in [2.05, 4.69) is 27.0 Å². The van der Waals surface area contributed by atoms with Crippen LogP contribution in [-0.2, 0) is 12.0 Å². The van der Waals surface area contributed by atoms with Crippen LogP contribution in [0.15, 0.2) is 67.0 Å². The highest BCUT2D eigenvalue weighted by atomic mass is 19.1. The molecule has 7 nitrogen and oxygen atoms in total. The van der Waals surface area contributed by atoms with Gasteiger partial charge in [-0.3, -0.25) is 14.7 Å². The lowest BCUT2D eigenvalue weighted by molar-refractivity contribution is 0.0338. The molecule has 2 aromatic carbocycles. The maximum atomic E-state index is 13.8. The van der Waals surface area contributed by atoms with Crippen molar-refractivity contribution in [3.8, 4) is 5.75 Å². The molecule has 0 unspecified atom stereocenters. The number of carbonyl (C=O) groups is 1. The van der Waals surface area contributed by atoms with Gasteiger partial charge in [0.2, 0.25) is 0 Å². The Balaban J connectivity index is 1.40. The number of ether oxygens (including phenoxy) is 1. The number of aliphatic hydroxyl groups is 1. The van der Waals surface area contributed by atoms with E-state index in [-0.39, 0.29) is 23.7 Å². The summed E-state index contributed by atoms with van der Waals surface area (Å²) in [7, 11) is 1.64. The minimum Gasteiger partial charge on any atom is -0.497 e. The van der Waals surface area contributed by atoms with Gasteiger partial charge in [0, 0.05) is 59.1 Å². The number of piperidine rings is 1. The average molecular weight is 515 g/mol. The summed E-state index contributed by atoms with van der Waals surface area (Å²) in [5, 5.41) is 11.7. The van der Waals surface area contributed by atoms with Crippen molar-refractivity contribution >= 4 is 16.8 Å². The Morgan fingerprint density at radius 1 is 1.18 bits per heavy atom. The number of nitrogens with zero attached hydrogens (tertiary/aromatic N) is 3. The van der Waals surface area contributed by atoms with E-state index in [1.165, 1.54) is 35.4 Å². The van der Waals surface area contributed by atoms with E-state index in [0.717, 1.165) is 54.8 Å². The Kier molecular flexibility index (Phi) is 6.37. The van der Waals surface area contributed by atoms with Gasteiger partial charge in [-0.05, 0) is 79.5 Å². The molecule has 8 heteroatoms. The summed E-state index contributed by atoms with van der Waals surface area (Å²) in [6, 6.07) is 15.2. The number of halogens is 1. The smallest absolute Gasteiger partial charge is 0.254 e. The van der Waals surface area contributed by atoms with Crippen molar-refractivity contribution in [3.05, 3.63) is 95.2 Å². The summed E-state index contributed by atoms with van der Waals surface area (Å²) in [6.45, 7) is 2.85. The van der Waals surface area contributed by atoms with Crippen LogP contribution in [0.4, 0.5) is 4.39 Å². The number of rotatable bonds is 5. The van der Waals surface area contributed by atoms with E-state index in [9.17, 15) is 14.3 Å². The van der Waals surface area contributed by atoms with Gasteiger partial charge in [0.25, 0.3) is 5.91 Å². The minimum atomic E-state index is -0.528. The fourth-order valence-corrected chi connectivity index (χ4v) is 6.28. The van der Waals surface area contributed by atoms with E-state index in [1.807, 2.05) is 24.4 Å². The molecule has 0 radical (unpaired) electrons. The third-order valence-electron chi connectivity index (χ3n) is 8.21. The number of hydrogen-bond acceptors (Lipinski definition) is 5. The molecular weight excluding hydrogens is 483 g/mol. The van der Waals surface area contributed by atoms with E-state index in [1.54, 1.807) is 18.2 Å². The van der Waals surface area contributed by atoms with Crippen molar-refractivity contribution in [1.82, 2.24) is 19.8 Å². The van der Waals surface area contributed by atoms with E-state index in [0.29, 0.717) is 12.1 Å². The predicted octanol–water partition coefficient (Wildman–Crippen LogP) is 4.43. The van der Waals surface area contributed by atoms with E-state index >= 15 is 0 Å². The molecule has 2 aromatic heterocycles. The molecule has 2 N–H and O–H groups in total. The molecule has 1 saturated heterocycles. The van der Waals surface area contributed by atoms with Crippen LogP contribution < -0.4 is 4.74 Å². The van der Waals surface area contributed by atoms with Crippen LogP contribution in [0.2, 0.25) is 0 Å². The predicted molar refractivity (Wildman–Crippen MR) is 143 cm³/mol. The van der Waals surface area contributed by atoms with Gasteiger partial charge in [-0.1, -0.05) is 6.07 Å². The molecule has 2 aliphatic rings. The third-order valence-corrected chi connectivity index (χ3v) is 8.21. The van der Waals surface area contributed by atoms with Gasteiger partial charge in [-0.25, -0.2) is 4.39 Å². The van der Waals surface area contributed by atoms with Crippen molar-refractivity contribution < 1.29 is 19.0 Å². The first-order valence-corrected chi connectivity index (χ1v) is 13.0. The summed E-state index contributed by atoms with van der Waals surface area (Å²) >= 11 is 0. The highest BCUT2D eigenvalue weighted by Crippen LogP contribution is 2.49. The van der Waals surface area contributed by atoms with Gasteiger partial charge in [0.1, 0.15) is 11.6 Å². The van der Waals surface area contributed by atoms with Crippen molar-refractivity contribution in [2.75, 3.05) is 33.4 Å². The first-order valence-electron chi connectivity index (χ1n) is 13.0. The zero-order chi connectivity index (χ0) is 26.3. The maximum Gasteiger partial charge on any atom is 0.254 e. The molecule has 1 atom stereocenters. The third kappa shape index (κ3) is 4.23. The summed E-state index contributed by atoms with van der Waals surface area (Å²) in [5.74, 6) is 0.155. The van der Waals surface area contributed by atoms with Gasteiger partial charge in [-0.2, -0.15) is 0 Å². The lowest BCUT2D eigenvalue weighted by atomic mass is 9.68. The summed E-state index contributed by atoms with van der Waals surface area (Å²) < 4.78 is 19.1. The zero-order valence-electron chi connectivity index (χ0n) is 21.4. The molecule has 2 aliphatic heterocycles. The number of benzene rings is 2. The van der Waals surface area contributed by atoms with Gasteiger partial charge < -0.3 is 19.7 Å². The molecule has 1 spiro atoms. The Labute approximate surface area is 220 Å². The molecule has 4 aromatic rings. The van der Waals surface area contributed by atoms with Gasteiger partial charge in [-0.15, -0.1) is 0 Å². The number of hydrogen-bond donors (Lipinski definition) is 2. The van der Waals surface area contributed by atoms with Gasteiger partial charge in [0.15, 0.2) is 0 Å². The van der Waals surface area contributed by atoms with Gasteiger partial charge in [0.05, 0.1) is 19.8 Å². The van der Waals surface area contributed by atoms with Crippen LogP contribution in [-0.4, -0.2) is 64.1 Å². The number of fused-ring (bicyclic) bond motifs is 4. The van der Waals surface area contributed by atoms with Crippen LogP contribution in [0.25, 0.3) is 10.9 Å². The second-order valence-electron chi connectivity index (χ2n) is 10.4. The first-order chi connectivity index (χ1) is 18.5. The fraction of sp³-hybridized carbons (Fsp3) is 0.333. The SMILES string of the molecule is COc1ccc2c3c([nH]c2c1)[C@H](CO)N(C(=O)c1ccc(F)cc1)CC31CCN(Cc2cccnc2)CC1. The molecule has 6 rings (SSSR count). The lowest BCUT2D eigenvalue weighted by Crippen LogP contribution is -2.55. The van der Waals surface area contributed by atoms with Crippen molar-refractivity contribution in [2.24, 2.45) is 0 Å². The highest BCUT2D eigenvalue weighted by Gasteiger charge is 2.48. The quantitative estimate of drug-likeness (QED) is 0.412. The number of amides is 1. The number of nitrogens with one attached hydrogen (secondary N) is 1. The highest BCUT2D eigenvalue weighted by molar-refractivity contribution is 5.96.